The topological polar surface area (TPSA) is 20.2 Å². The van der Waals surface area contributed by atoms with E-state index in [1.54, 1.807) is 0 Å². The molecule has 1 aliphatic carbocycles. The smallest absolute Gasteiger partial charge is 0.0823 e. The standard InChI is InChI=1S/C14H20O/c1-4-10-6-5-7-11(8-10)13(15)12-9-14(12,2)3/h5-8,12-13,15H,4,9H2,1-3H3. The predicted molar refractivity (Wildman–Crippen MR) is 62.7 cm³/mol. The van der Waals surface area contributed by atoms with Crippen LogP contribution in [0.25, 0.3) is 0 Å². The molecule has 1 saturated carbocycles. The van der Waals surface area contributed by atoms with E-state index in [-0.39, 0.29) is 6.10 Å². The first kappa shape index (κ1) is 10.7. The van der Waals surface area contributed by atoms with Crippen LogP contribution in [-0.4, -0.2) is 5.11 Å². The van der Waals surface area contributed by atoms with Crippen molar-refractivity contribution in [3.8, 4) is 0 Å². The minimum atomic E-state index is -0.272. The Kier molecular flexibility index (Phi) is 2.59. The van der Waals surface area contributed by atoms with Crippen molar-refractivity contribution in [2.45, 2.75) is 39.7 Å². The van der Waals surface area contributed by atoms with Crippen molar-refractivity contribution in [2.24, 2.45) is 11.3 Å². The van der Waals surface area contributed by atoms with E-state index in [0.717, 1.165) is 18.4 Å². The largest absolute Gasteiger partial charge is 0.388 e. The average molecular weight is 204 g/mol. The molecule has 0 amide bonds. The molecule has 1 aromatic carbocycles. The fourth-order valence-corrected chi connectivity index (χ4v) is 2.28. The van der Waals surface area contributed by atoms with E-state index in [9.17, 15) is 5.11 Å². The van der Waals surface area contributed by atoms with Crippen LogP contribution in [0.4, 0.5) is 0 Å². The van der Waals surface area contributed by atoms with Crippen molar-refractivity contribution in [1.82, 2.24) is 0 Å². The van der Waals surface area contributed by atoms with Gasteiger partial charge in [0.15, 0.2) is 0 Å². The lowest BCUT2D eigenvalue weighted by Crippen LogP contribution is -2.04. The van der Waals surface area contributed by atoms with Crippen molar-refractivity contribution in [3.63, 3.8) is 0 Å². The number of aryl methyl sites for hydroxylation is 1. The molecule has 0 aliphatic heterocycles. The number of hydrogen-bond donors (Lipinski definition) is 1. The lowest BCUT2D eigenvalue weighted by Gasteiger charge is -2.13. The Hall–Kier alpha value is -0.820. The van der Waals surface area contributed by atoms with E-state index in [2.05, 4.69) is 32.9 Å². The summed E-state index contributed by atoms with van der Waals surface area (Å²) in [5.41, 5.74) is 2.73. The van der Waals surface area contributed by atoms with Gasteiger partial charge in [-0.1, -0.05) is 45.0 Å². The van der Waals surface area contributed by atoms with Crippen molar-refractivity contribution < 1.29 is 5.11 Å². The molecule has 1 heteroatoms. The van der Waals surface area contributed by atoms with Crippen LogP contribution < -0.4 is 0 Å². The van der Waals surface area contributed by atoms with Gasteiger partial charge in [0.1, 0.15) is 0 Å². The first-order chi connectivity index (χ1) is 7.04. The quantitative estimate of drug-likeness (QED) is 0.800. The Balaban J connectivity index is 2.15. The van der Waals surface area contributed by atoms with Gasteiger partial charge in [-0.2, -0.15) is 0 Å². The lowest BCUT2D eigenvalue weighted by molar-refractivity contribution is 0.138. The minimum Gasteiger partial charge on any atom is -0.388 e. The molecular weight excluding hydrogens is 184 g/mol. The summed E-state index contributed by atoms with van der Waals surface area (Å²) in [7, 11) is 0. The van der Waals surface area contributed by atoms with Gasteiger partial charge in [0.2, 0.25) is 0 Å². The second-order valence-corrected chi connectivity index (χ2v) is 5.34. The average Bonchev–Trinajstić information content (AvgIpc) is 2.87. The van der Waals surface area contributed by atoms with Crippen molar-refractivity contribution in [2.75, 3.05) is 0 Å². The van der Waals surface area contributed by atoms with Gasteiger partial charge in [-0.3, -0.25) is 0 Å². The molecule has 2 atom stereocenters. The summed E-state index contributed by atoms with van der Waals surface area (Å²) in [6.45, 7) is 6.60. The zero-order valence-electron chi connectivity index (χ0n) is 9.83. The van der Waals surface area contributed by atoms with Gasteiger partial charge in [-0.05, 0) is 35.3 Å². The second kappa shape index (κ2) is 3.64. The van der Waals surface area contributed by atoms with Crippen molar-refractivity contribution >= 4 is 0 Å². The molecule has 2 rings (SSSR count). The Labute approximate surface area is 92.1 Å². The predicted octanol–water partition coefficient (Wildman–Crippen LogP) is 3.33. The highest BCUT2D eigenvalue weighted by atomic mass is 16.3. The summed E-state index contributed by atoms with van der Waals surface area (Å²) in [4.78, 5) is 0. The van der Waals surface area contributed by atoms with Crippen LogP contribution in [0.2, 0.25) is 0 Å². The number of aliphatic hydroxyl groups excluding tert-OH is 1. The molecule has 15 heavy (non-hydrogen) atoms. The van der Waals surface area contributed by atoms with Crippen LogP contribution in [0.15, 0.2) is 24.3 Å². The van der Waals surface area contributed by atoms with Gasteiger partial charge in [-0.15, -0.1) is 0 Å². The molecule has 1 N–H and O–H groups in total. The van der Waals surface area contributed by atoms with Gasteiger partial charge in [-0.25, -0.2) is 0 Å². The number of aliphatic hydroxyl groups is 1. The molecule has 1 aliphatic rings. The Morgan fingerprint density at radius 3 is 2.67 bits per heavy atom. The summed E-state index contributed by atoms with van der Waals surface area (Å²) in [6, 6.07) is 8.35. The van der Waals surface area contributed by atoms with Crippen LogP contribution in [-0.2, 0) is 6.42 Å². The van der Waals surface area contributed by atoms with Crippen LogP contribution in [0.5, 0.6) is 0 Å². The first-order valence-electron chi connectivity index (χ1n) is 5.81. The fraction of sp³-hybridized carbons (Fsp3) is 0.571. The molecule has 0 spiro atoms. The third-order valence-corrected chi connectivity index (χ3v) is 3.67. The first-order valence-corrected chi connectivity index (χ1v) is 5.81. The van der Waals surface area contributed by atoms with Gasteiger partial charge < -0.3 is 5.11 Å². The summed E-state index contributed by atoms with van der Waals surface area (Å²) in [5.74, 6) is 0.449. The number of benzene rings is 1. The minimum absolute atomic E-state index is 0.272. The Bertz CT molecular complexity index is 354. The maximum Gasteiger partial charge on any atom is 0.0823 e. The summed E-state index contributed by atoms with van der Waals surface area (Å²) in [5, 5.41) is 10.2. The summed E-state index contributed by atoms with van der Waals surface area (Å²) >= 11 is 0. The molecule has 0 saturated heterocycles. The maximum atomic E-state index is 10.2. The number of rotatable bonds is 3. The number of hydrogen-bond acceptors (Lipinski definition) is 1. The van der Waals surface area contributed by atoms with E-state index in [4.69, 9.17) is 0 Å². The zero-order chi connectivity index (χ0) is 11.1. The zero-order valence-corrected chi connectivity index (χ0v) is 9.83. The van der Waals surface area contributed by atoms with E-state index >= 15 is 0 Å². The molecule has 1 fully saturated rings. The Morgan fingerprint density at radius 1 is 1.47 bits per heavy atom. The molecule has 0 heterocycles. The van der Waals surface area contributed by atoms with Crippen LogP contribution in [0.3, 0.4) is 0 Å². The molecule has 2 unspecified atom stereocenters. The van der Waals surface area contributed by atoms with Gasteiger partial charge in [0, 0.05) is 0 Å². The molecule has 1 nitrogen and oxygen atoms in total. The van der Waals surface area contributed by atoms with E-state index in [1.165, 1.54) is 5.56 Å². The third kappa shape index (κ3) is 2.07. The van der Waals surface area contributed by atoms with Crippen LogP contribution in [0.1, 0.15) is 44.4 Å². The highest BCUT2D eigenvalue weighted by molar-refractivity contribution is 5.27. The summed E-state index contributed by atoms with van der Waals surface area (Å²) in [6.07, 6.45) is 1.91. The highest BCUT2D eigenvalue weighted by Gasteiger charge is 2.50. The van der Waals surface area contributed by atoms with E-state index < -0.39 is 0 Å². The Morgan fingerprint density at radius 2 is 2.13 bits per heavy atom. The molecular formula is C14H20O. The van der Waals surface area contributed by atoms with E-state index in [0.29, 0.717) is 11.3 Å². The lowest BCUT2D eigenvalue weighted by atomic mass is 9.98. The fourth-order valence-electron chi connectivity index (χ4n) is 2.28. The second-order valence-electron chi connectivity index (χ2n) is 5.34. The molecule has 1 aromatic rings. The van der Waals surface area contributed by atoms with Gasteiger partial charge >= 0.3 is 0 Å². The van der Waals surface area contributed by atoms with Crippen LogP contribution in [0, 0.1) is 11.3 Å². The molecule has 82 valence electrons. The van der Waals surface area contributed by atoms with E-state index in [1.807, 2.05) is 12.1 Å². The van der Waals surface area contributed by atoms with Crippen molar-refractivity contribution in [1.29, 1.82) is 0 Å². The maximum absolute atomic E-state index is 10.2. The van der Waals surface area contributed by atoms with Gasteiger partial charge in [0.05, 0.1) is 6.10 Å². The highest BCUT2D eigenvalue weighted by Crippen LogP contribution is 2.57. The van der Waals surface area contributed by atoms with Gasteiger partial charge in [0.25, 0.3) is 0 Å². The summed E-state index contributed by atoms with van der Waals surface area (Å²) < 4.78 is 0. The third-order valence-electron chi connectivity index (χ3n) is 3.67. The SMILES string of the molecule is CCc1cccc(C(O)C2CC2(C)C)c1. The molecule has 0 bridgehead atoms. The van der Waals surface area contributed by atoms with Crippen molar-refractivity contribution in [3.05, 3.63) is 35.4 Å². The molecule has 0 aromatic heterocycles. The van der Waals surface area contributed by atoms with Crippen LogP contribution >= 0.6 is 0 Å². The normalized spacial score (nSPS) is 24.9. The monoisotopic (exact) mass is 204 g/mol. The molecule has 0 radical (unpaired) electrons.